The molecule has 60 valence electrons. The zero-order chi connectivity index (χ0) is 7.98. The number of hydrogen-bond acceptors (Lipinski definition) is 2. The average Bonchev–Trinajstić information content (AvgIpc) is 1.99. The first-order valence-electron chi connectivity index (χ1n) is 3.58. The Bertz CT molecular complexity index is 104. The van der Waals surface area contributed by atoms with Crippen molar-refractivity contribution in [2.75, 3.05) is 13.7 Å². The molecule has 0 radical (unpaired) electrons. The molecular weight excluding hydrogens is 130 g/mol. The summed E-state index contributed by atoms with van der Waals surface area (Å²) in [7, 11) is 1.61. The Morgan fingerprint density at radius 2 is 2.30 bits per heavy atom. The van der Waals surface area contributed by atoms with Gasteiger partial charge in [0.1, 0.15) is 0 Å². The molecule has 0 heterocycles. The highest BCUT2D eigenvalue weighted by molar-refractivity contribution is 5.78. The van der Waals surface area contributed by atoms with Crippen molar-refractivity contribution in [3.63, 3.8) is 0 Å². The van der Waals surface area contributed by atoms with Crippen LogP contribution in [0.5, 0.6) is 0 Å². The van der Waals surface area contributed by atoms with Crippen molar-refractivity contribution >= 4 is 5.91 Å². The van der Waals surface area contributed by atoms with Crippen LogP contribution in [0.15, 0.2) is 0 Å². The van der Waals surface area contributed by atoms with Crippen LogP contribution in [0.2, 0.25) is 0 Å². The molecule has 0 aromatic heterocycles. The van der Waals surface area contributed by atoms with Gasteiger partial charge in [-0.25, -0.2) is 0 Å². The Hall–Kier alpha value is -0.570. The van der Waals surface area contributed by atoms with Crippen LogP contribution in [0.1, 0.15) is 19.8 Å². The van der Waals surface area contributed by atoms with Crippen LogP contribution in [0.3, 0.4) is 0 Å². The van der Waals surface area contributed by atoms with Crippen molar-refractivity contribution in [3.05, 3.63) is 0 Å². The number of amides is 1. The number of carbonyl (C=O) groups is 1. The van der Waals surface area contributed by atoms with E-state index in [1.165, 1.54) is 0 Å². The lowest BCUT2D eigenvalue weighted by atomic mass is 10.0. The lowest BCUT2D eigenvalue weighted by Gasteiger charge is -2.10. The van der Waals surface area contributed by atoms with E-state index in [4.69, 9.17) is 5.11 Å². The van der Waals surface area contributed by atoms with Gasteiger partial charge < -0.3 is 10.4 Å². The number of hydrogen-bond donors (Lipinski definition) is 2. The Balaban J connectivity index is 3.68. The predicted octanol–water partition coefficient (Wildman–Crippen LogP) is 0.141. The largest absolute Gasteiger partial charge is 0.396 e. The molecule has 0 rings (SSSR count). The van der Waals surface area contributed by atoms with Gasteiger partial charge in [0.15, 0.2) is 0 Å². The van der Waals surface area contributed by atoms with E-state index in [-0.39, 0.29) is 18.4 Å². The summed E-state index contributed by atoms with van der Waals surface area (Å²) in [6, 6.07) is 0. The fourth-order valence-electron chi connectivity index (χ4n) is 0.881. The molecular formula is C7H15NO2. The molecule has 10 heavy (non-hydrogen) atoms. The molecule has 0 fully saturated rings. The number of carbonyl (C=O) groups excluding carboxylic acids is 1. The van der Waals surface area contributed by atoms with Crippen molar-refractivity contribution < 1.29 is 9.90 Å². The van der Waals surface area contributed by atoms with E-state index >= 15 is 0 Å². The third-order valence-electron chi connectivity index (χ3n) is 1.59. The van der Waals surface area contributed by atoms with Crippen LogP contribution in [-0.2, 0) is 4.79 Å². The average molecular weight is 145 g/mol. The molecule has 0 aliphatic heterocycles. The Kier molecular flexibility index (Phi) is 4.94. The van der Waals surface area contributed by atoms with Gasteiger partial charge in [0.2, 0.25) is 5.91 Å². The molecule has 0 spiro atoms. The van der Waals surface area contributed by atoms with Gasteiger partial charge in [-0.15, -0.1) is 0 Å². The second-order valence-electron chi connectivity index (χ2n) is 2.23. The summed E-state index contributed by atoms with van der Waals surface area (Å²) in [5, 5.41) is 11.1. The van der Waals surface area contributed by atoms with Crippen molar-refractivity contribution in [1.82, 2.24) is 5.32 Å². The highest BCUT2D eigenvalue weighted by Crippen LogP contribution is 2.06. The van der Waals surface area contributed by atoms with Gasteiger partial charge in [-0.05, 0) is 12.8 Å². The minimum Gasteiger partial charge on any atom is -0.396 e. The van der Waals surface area contributed by atoms with Gasteiger partial charge in [-0.3, -0.25) is 4.79 Å². The highest BCUT2D eigenvalue weighted by Gasteiger charge is 2.12. The molecule has 0 aromatic rings. The maximum Gasteiger partial charge on any atom is 0.222 e. The number of nitrogens with one attached hydrogen (secondary N) is 1. The quantitative estimate of drug-likeness (QED) is 0.591. The number of aliphatic hydroxyl groups is 1. The van der Waals surface area contributed by atoms with Crippen molar-refractivity contribution in [1.29, 1.82) is 0 Å². The number of rotatable bonds is 4. The molecule has 3 nitrogen and oxygen atoms in total. The monoisotopic (exact) mass is 145 g/mol. The molecule has 0 aromatic carbocycles. The lowest BCUT2D eigenvalue weighted by Crippen LogP contribution is -2.27. The minimum atomic E-state index is -0.0185. The maximum absolute atomic E-state index is 10.9. The molecule has 3 heteroatoms. The zero-order valence-electron chi connectivity index (χ0n) is 6.55. The summed E-state index contributed by atoms with van der Waals surface area (Å²) in [6.45, 7) is 2.03. The van der Waals surface area contributed by atoms with E-state index in [0.717, 1.165) is 6.42 Å². The van der Waals surface area contributed by atoms with Gasteiger partial charge >= 0.3 is 0 Å². The molecule has 2 N–H and O–H groups in total. The standard InChI is InChI=1S/C7H15NO2/c1-3-6(4-5-9)7(10)8-2/h6,9H,3-5H2,1-2H3,(H,8,10). The van der Waals surface area contributed by atoms with E-state index in [2.05, 4.69) is 5.32 Å². The Morgan fingerprint density at radius 3 is 2.60 bits per heavy atom. The normalized spacial score (nSPS) is 12.7. The van der Waals surface area contributed by atoms with Crippen LogP contribution in [0.25, 0.3) is 0 Å². The molecule has 0 aliphatic rings. The third-order valence-corrected chi connectivity index (χ3v) is 1.59. The zero-order valence-corrected chi connectivity index (χ0v) is 6.55. The predicted molar refractivity (Wildman–Crippen MR) is 39.6 cm³/mol. The summed E-state index contributed by atoms with van der Waals surface area (Å²) in [5.41, 5.74) is 0. The molecule has 1 unspecified atom stereocenters. The smallest absolute Gasteiger partial charge is 0.222 e. The van der Waals surface area contributed by atoms with Gasteiger partial charge in [-0.2, -0.15) is 0 Å². The molecule has 0 aliphatic carbocycles. The van der Waals surface area contributed by atoms with Crippen LogP contribution >= 0.6 is 0 Å². The topological polar surface area (TPSA) is 49.3 Å². The summed E-state index contributed by atoms with van der Waals surface area (Å²) >= 11 is 0. The Morgan fingerprint density at radius 1 is 1.70 bits per heavy atom. The van der Waals surface area contributed by atoms with Crippen LogP contribution < -0.4 is 5.32 Å². The summed E-state index contributed by atoms with van der Waals surface area (Å²) < 4.78 is 0. The molecule has 1 atom stereocenters. The summed E-state index contributed by atoms with van der Waals surface area (Å²) in [4.78, 5) is 10.9. The van der Waals surface area contributed by atoms with Crippen molar-refractivity contribution in [3.8, 4) is 0 Å². The van der Waals surface area contributed by atoms with Crippen molar-refractivity contribution in [2.45, 2.75) is 19.8 Å². The first-order chi connectivity index (χ1) is 4.76. The third kappa shape index (κ3) is 2.82. The highest BCUT2D eigenvalue weighted by atomic mass is 16.3. The van der Waals surface area contributed by atoms with Gasteiger partial charge in [-0.1, -0.05) is 6.92 Å². The summed E-state index contributed by atoms with van der Waals surface area (Å²) in [5.74, 6) is 0.00606. The molecule has 0 saturated heterocycles. The second kappa shape index (κ2) is 5.23. The van der Waals surface area contributed by atoms with Crippen molar-refractivity contribution in [2.24, 2.45) is 5.92 Å². The fraction of sp³-hybridized carbons (Fsp3) is 0.857. The summed E-state index contributed by atoms with van der Waals surface area (Å²) in [6.07, 6.45) is 1.36. The van der Waals surface area contributed by atoms with E-state index in [1.54, 1.807) is 7.05 Å². The van der Waals surface area contributed by atoms with E-state index in [0.29, 0.717) is 6.42 Å². The van der Waals surface area contributed by atoms with Gasteiger partial charge in [0.05, 0.1) is 0 Å². The molecule has 0 saturated carbocycles. The minimum absolute atomic E-state index is 0.0185. The van der Waals surface area contributed by atoms with E-state index in [1.807, 2.05) is 6.92 Å². The first kappa shape index (κ1) is 9.43. The number of aliphatic hydroxyl groups excluding tert-OH is 1. The van der Waals surface area contributed by atoms with Gasteiger partial charge in [0, 0.05) is 19.6 Å². The van der Waals surface area contributed by atoms with Gasteiger partial charge in [0.25, 0.3) is 0 Å². The molecule has 1 amide bonds. The van der Waals surface area contributed by atoms with E-state index in [9.17, 15) is 4.79 Å². The Labute approximate surface area is 61.4 Å². The van der Waals surface area contributed by atoms with Crippen LogP contribution in [-0.4, -0.2) is 24.7 Å². The van der Waals surface area contributed by atoms with E-state index < -0.39 is 0 Å². The van der Waals surface area contributed by atoms with Crippen LogP contribution in [0, 0.1) is 5.92 Å². The first-order valence-corrected chi connectivity index (χ1v) is 3.58. The lowest BCUT2D eigenvalue weighted by molar-refractivity contribution is -0.125. The van der Waals surface area contributed by atoms with Crippen LogP contribution in [0.4, 0.5) is 0 Å². The maximum atomic E-state index is 10.9. The molecule has 0 bridgehead atoms. The SMILES string of the molecule is CCC(CCO)C(=O)NC. The second-order valence-corrected chi connectivity index (χ2v) is 2.23. The fourth-order valence-corrected chi connectivity index (χ4v) is 0.881.